The van der Waals surface area contributed by atoms with Crippen LogP contribution in [0, 0.1) is 0 Å². The van der Waals surface area contributed by atoms with E-state index >= 15 is 0 Å². The number of nitrogens with zero attached hydrogens (tertiary/aromatic N) is 2. The van der Waals surface area contributed by atoms with Crippen LogP contribution >= 0.6 is 0 Å². The fourth-order valence-electron chi connectivity index (χ4n) is 1.06. The Hall–Kier alpha value is -1.91. The lowest BCUT2D eigenvalue weighted by Crippen LogP contribution is -2.33. The van der Waals surface area contributed by atoms with Crippen molar-refractivity contribution in [2.75, 3.05) is 7.05 Å². The van der Waals surface area contributed by atoms with Gasteiger partial charge in [-0.1, -0.05) is 0 Å². The minimum Gasteiger partial charge on any atom is -0.478 e. The van der Waals surface area contributed by atoms with Gasteiger partial charge in [0.2, 0.25) is 0 Å². The molecule has 0 atom stereocenters. The van der Waals surface area contributed by atoms with Gasteiger partial charge < -0.3 is 10.0 Å². The van der Waals surface area contributed by atoms with Gasteiger partial charge in [-0.15, -0.1) is 0 Å². The molecule has 1 aromatic heterocycles. The number of pyridine rings is 1. The molecule has 5 nitrogen and oxygen atoms in total. The second kappa shape index (κ2) is 4.74. The highest BCUT2D eigenvalue weighted by molar-refractivity contribution is 5.93. The second-order valence-corrected chi connectivity index (χ2v) is 3.75. The van der Waals surface area contributed by atoms with Gasteiger partial charge in [-0.05, 0) is 26.0 Å². The van der Waals surface area contributed by atoms with Crippen LogP contribution in [0.2, 0.25) is 0 Å². The molecule has 0 aliphatic rings. The van der Waals surface area contributed by atoms with Gasteiger partial charge in [0, 0.05) is 19.3 Å². The van der Waals surface area contributed by atoms with Crippen molar-refractivity contribution in [2.45, 2.75) is 19.9 Å². The van der Waals surface area contributed by atoms with Crippen LogP contribution in [-0.4, -0.2) is 40.0 Å². The zero-order valence-corrected chi connectivity index (χ0v) is 9.47. The molecule has 0 aromatic carbocycles. The largest absolute Gasteiger partial charge is 0.478 e. The zero-order chi connectivity index (χ0) is 12.3. The highest BCUT2D eigenvalue weighted by atomic mass is 16.4. The first-order chi connectivity index (χ1) is 7.43. The minimum absolute atomic E-state index is 0.0729. The SMILES string of the molecule is CC(C)N(C)C(=O)c1ccc(C(=O)O)cn1. The summed E-state index contributed by atoms with van der Waals surface area (Å²) < 4.78 is 0. The van der Waals surface area contributed by atoms with E-state index in [0.29, 0.717) is 0 Å². The first-order valence-corrected chi connectivity index (χ1v) is 4.90. The lowest BCUT2D eigenvalue weighted by Gasteiger charge is -2.20. The Morgan fingerprint density at radius 3 is 2.38 bits per heavy atom. The monoisotopic (exact) mass is 222 g/mol. The molecule has 0 aliphatic carbocycles. The zero-order valence-electron chi connectivity index (χ0n) is 9.47. The van der Waals surface area contributed by atoms with Crippen LogP contribution < -0.4 is 0 Å². The van der Waals surface area contributed by atoms with Crippen molar-refractivity contribution in [3.8, 4) is 0 Å². The molecule has 0 fully saturated rings. The number of carboxylic acid groups (broad SMARTS) is 1. The lowest BCUT2D eigenvalue weighted by molar-refractivity contribution is 0.0692. The Morgan fingerprint density at radius 2 is 2.00 bits per heavy atom. The van der Waals surface area contributed by atoms with E-state index in [9.17, 15) is 9.59 Å². The van der Waals surface area contributed by atoms with Crippen LogP contribution in [-0.2, 0) is 0 Å². The van der Waals surface area contributed by atoms with E-state index in [4.69, 9.17) is 5.11 Å². The molecule has 16 heavy (non-hydrogen) atoms. The molecule has 0 radical (unpaired) electrons. The average molecular weight is 222 g/mol. The topological polar surface area (TPSA) is 70.5 Å². The van der Waals surface area contributed by atoms with Crippen LogP contribution in [0.4, 0.5) is 0 Å². The molecule has 0 spiro atoms. The van der Waals surface area contributed by atoms with Crippen molar-refractivity contribution in [3.05, 3.63) is 29.6 Å². The predicted molar refractivity (Wildman–Crippen MR) is 58.4 cm³/mol. The molecule has 5 heteroatoms. The molecule has 86 valence electrons. The van der Waals surface area contributed by atoms with Gasteiger partial charge in [-0.25, -0.2) is 4.79 Å². The molecule has 0 unspecified atom stereocenters. The Kier molecular flexibility index (Phi) is 3.60. The van der Waals surface area contributed by atoms with Gasteiger partial charge in [-0.3, -0.25) is 9.78 Å². The Labute approximate surface area is 93.7 Å². The molecule has 1 amide bonds. The molecule has 0 saturated carbocycles. The second-order valence-electron chi connectivity index (χ2n) is 3.75. The summed E-state index contributed by atoms with van der Waals surface area (Å²) in [5, 5.41) is 8.68. The first-order valence-electron chi connectivity index (χ1n) is 4.90. The lowest BCUT2D eigenvalue weighted by atomic mass is 10.2. The number of hydrogen-bond acceptors (Lipinski definition) is 3. The van der Waals surface area contributed by atoms with E-state index in [1.165, 1.54) is 18.3 Å². The normalized spacial score (nSPS) is 10.2. The Balaban J connectivity index is 2.90. The van der Waals surface area contributed by atoms with Crippen LogP contribution in [0.15, 0.2) is 18.3 Å². The van der Waals surface area contributed by atoms with Crippen molar-refractivity contribution in [2.24, 2.45) is 0 Å². The molecule has 1 heterocycles. The van der Waals surface area contributed by atoms with Crippen molar-refractivity contribution in [1.29, 1.82) is 0 Å². The van der Waals surface area contributed by atoms with Crippen molar-refractivity contribution in [3.63, 3.8) is 0 Å². The molecule has 1 N–H and O–H groups in total. The number of aromatic nitrogens is 1. The molecular formula is C11H14N2O3. The summed E-state index contributed by atoms with van der Waals surface area (Å²) in [6.07, 6.45) is 1.18. The van der Waals surface area contributed by atoms with E-state index in [1.807, 2.05) is 13.8 Å². The number of aromatic carboxylic acids is 1. The number of carboxylic acids is 1. The molecule has 0 aliphatic heterocycles. The van der Waals surface area contributed by atoms with Gasteiger partial charge in [-0.2, -0.15) is 0 Å². The molecular weight excluding hydrogens is 208 g/mol. The predicted octanol–water partition coefficient (Wildman–Crippen LogP) is 1.26. The van der Waals surface area contributed by atoms with Crippen molar-refractivity contribution < 1.29 is 14.7 Å². The van der Waals surface area contributed by atoms with Crippen molar-refractivity contribution in [1.82, 2.24) is 9.88 Å². The van der Waals surface area contributed by atoms with Gasteiger partial charge in [0.15, 0.2) is 0 Å². The highest BCUT2D eigenvalue weighted by Gasteiger charge is 2.15. The minimum atomic E-state index is -1.05. The van der Waals surface area contributed by atoms with Crippen LogP contribution in [0.25, 0.3) is 0 Å². The Bertz CT molecular complexity index is 398. The number of rotatable bonds is 3. The Morgan fingerprint density at radius 1 is 1.38 bits per heavy atom. The smallest absolute Gasteiger partial charge is 0.337 e. The van der Waals surface area contributed by atoms with Gasteiger partial charge in [0.25, 0.3) is 5.91 Å². The molecule has 1 rings (SSSR count). The first kappa shape index (κ1) is 12.2. The fraction of sp³-hybridized carbons (Fsp3) is 0.364. The van der Waals surface area contributed by atoms with Crippen LogP contribution in [0.1, 0.15) is 34.7 Å². The summed E-state index contributed by atoms with van der Waals surface area (Å²) in [5.41, 5.74) is 0.324. The third kappa shape index (κ3) is 2.56. The van der Waals surface area contributed by atoms with Crippen LogP contribution in [0.3, 0.4) is 0 Å². The van der Waals surface area contributed by atoms with Crippen molar-refractivity contribution >= 4 is 11.9 Å². The van der Waals surface area contributed by atoms with E-state index in [-0.39, 0.29) is 23.2 Å². The number of carbonyl (C=O) groups is 2. The fourth-order valence-corrected chi connectivity index (χ4v) is 1.06. The average Bonchev–Trinajstić information content (AvgIpc) is 2.27. The maximum Gasteiger partial charge on any atom is 0.337 e. The summed E-state index contributed by atoms with van der Waals surface area (Å²) >= 11 is 0. The number of hydrogen-bond donors (Lipinski definition) is 1. The number of amides is 1. The summed E-state index contributed by atoms with van der Waals surface area (Å²) in [6, 6.07) is 2.87. The maximum absolute atomic E-state index is 11.8. The maximum atomic E-state index is 11.8. The summed E-state index contributed by atoms with van der Waals surface area (Å²) in [6.45, 7) is 3.78. The third-order valence-electron chi connectivity index (χ3n) is 2.32. The third-order valence-corrected chi connectivity index (χ3v) is 2.32. The highest BCUT2D eigenvalue weighted by Crippen LogP contribution is 2.05. The van der Waals surface area contributed by atoms with E-state index in [0.717, 1.165) is 0 Å². The summed E-state index contributed by atoms with van der Waals surface area (Å²) in [4.78, 5) is 27.7. The van der Waals surface area contributed by atoms with Gasteiger partial charge >= 0.3 is 5.97 Å². The van der Waals surface area contributed by atoms with E-state index < -0.39 is 5.97 Å². The van der Waals surface area contributed by atoms with Gasteiger partial charge in [0.1, 0.15) is 5.69 Å². The summed E-state index contributed by atoms with van der Waals surface area (Å²) in [7, 11) is 1.68. The van der Waals surface area contributed by atoms with Gasteiger partial charge in [0.05, 0.1) is 5.56 Å². The van der Waals surface area contributed by atoms with E-state index in [1.54, 1.807) is 11.9 Å². The number of carbonyl (C=O) groups excluding carboxylic acids is 1. The molecule has 1 aromatic rings. The van der Waals surface area contributed by atoms with Crippen LogP contribution in [0.5, 0.6) is 0 Å². The quantitative estimate of drug-likeness (QED) is 0.835. The molecule has 0 saturated heterocycles. The summed E-state index contributed by atoms with van der Waals surface area (Å²) in [5.74, 6) is -1.27. The van der Waals surface area contributed by atoms with E-state index in [2.05, 4.69) is 4.98 Å². The molecule has 0 bridgehead atoms. The standard InChI is InChI=1S/C11H14N2O3/c1-7(2)13(3)10(14)9-5-4-8(6-12-9)11(15)16/h4-7H,1-3H3,(H,15,16).